The fourth-order valence-corrected chi connectivity index (χ4v) is 4.30. The van der Waals surface area contributed by atoms with Gasteiger partial charge in [-0.25, -0.2) is 4.68 Å². The summed E-state index contributed by atoms with van der Waals surface area (Å²) in [5, 5.41) is 4.67. The number of anilines is 1. The highest BCUT2D eigenvalue weighted by atomic mass is 16.5. The molecule has 3 heterocycles. The lowest BCUT2D eigenvalue weighted by Crippen LogP contribution is -2.48. The summed E-state index contributed by atoms with van der Waals surface area (Å²) in [7, 11) is 0. The van der Waals surface area contributed by atoms with E-state index in [1.807, 2.05) is 12.3 Å². The first-order valence-corrected chi connectivity index (χ1v) is 10.1. The molecule has 1 atom stereocenters. The van der Waals surface area contributed by atoms with Gasteiger partial charge in [-0.2, -0.15) is 5.10 Å². The van der Waals surface area contributed by atoms with Crippen LogP contribution in [-0.2, 0) is 11.2 Å². The molecule has 0 N–H and O–H groups in total. The predicted octanol–water partition coefficient (Wildman–Crippen LogP) is 3.31. The van der Waals surface area contributed by atoms with Gasteiger partial charge in [-0.15, -0.1) is 0 Å². The molecular formula is C23H26N4O. The number of para-hydroxylation sites is 2. The molecule has 2 aliphatic heterocycles. The van der Waals surface area contributed by atoms with Gasteiger partial charge in [0.1, 0.15) is 0 Å². The highest BCUT2D eigenvalue weighted by molar-refractivity contribution is 5.46. The first-order chi connectivity index (χ1) is 13.9. The average Bonchev–Trinajstić information content (AvgIpc) is 3.21. The minimum atomic E-state index is 0.115. The Morgan fingerprint density at radius 1 is 0.857 bits per heavy atom. The van der Waals surface area contributed by atoms with Gasteiger partial charge >= 0.3 is 0 Å². The molecule has 0 bridgehead atoms. The minimum absolute atomic E-state index is 0.115. The molecule has 1 fully saturated rings. The van der Waals surface area contributed by atoms with Gasteiger partial charge in [-0.3, -0.25) is 4.90 Å². The van der Waals surface area contributed by atoms with Crippen molar-refractivity contribution in [3.05, 3.63) is 78.1 Å². The van der Waals surface area contributed by atoms with E-state index in [4.69, 9.17) is 4.74 Å². The highest BCUT2D eigenvalue weighted by Gasteiger charge is 2.28. The number of aromatic nitrogens is 2. The van der Waals surface area contributed by atoms with Crippen molar-refractivity contribution in [3.8, 4) is 5.69 Å². The zero-order valence-electron chi connectivity index (χ0n) is 16.1. The van der Waals surface area contributed by atoms with Crippen molar-refractivity contribution < 1.29 is 4.74 Å². The van der Waals surface area contributed by atoms with E-state index in [1.165, 1.54) is 16.9 Å². The molecule has 0 radical (unpaired) electrons. The maximum absolute atomic E-state index is 6.16. The Morgan fingerprint density at radius 3 is 2.25 bits per heavy atom. The van der Waals surface area contributed by atoms with Gasteiger partial charge in [0.2, 0.25) is 0 Å². The van der Waals surface area contributed by atoms with E-state index in [0.29, 0.717) is 0 Å². The molecule has 1 aromatic heterocycles. The van der Waals surface area contributed by atoms with Gasteiger partial charge in [-0.1, -0.05) is 36.4 Å². The minimum Gasteiger partial charge on any atom is -0.372 e. The quantitative estimate of drug-likeness (QED) is 0.702. The summed E-state index contributed by atoms with van der Waals surface area (Å²) in [6.07, 6.45) is 3.04. The van der Waals surface area contributed by atoms with Gasteiger partial charge in [-0.05, 0) is 24.3 Å². The molecule has 1 unspecified atom stereocenters. The van der Waals surface area contributed by atoms with Gasteiger partial charge < -0.3 is 9.64 Å². The molecule has 2 aromatic carbocycles. The van der Waals surface area contributed by atoms with Crippen molar-refractivity contribution in [2.45, 2.75) is 12.5 Å². The fourth-order valence-electron chi connectivity index (χ4n) is 4.30. The summed E-state index contributed by atoms with van der Waals surface area (Å²) in [4.78, 5) is 5.00. The van der Waals surface area contributed by atoms with Crippen LogP contribution in [0.25, 0.3) is 5.69 Å². The molecule has 0 saturated carbocycles. The lowest BCUT2D eigenvalue weighted by Gasteiger charge is -2.38. The normalized spacial score (nSPS) is 20.1. The molecule has 28 heavy (non-hydrogen) atoms. The third-order valence-electron chi connectivity index (χ3n) is 5.82. The van der Waals surface area contributed by atoms with E-state index in [0.717, 1.165) is 51.4 Å². The smallest absolute Gasteiger partial charge is 0.0985 e. The summed E-state index contributed by atoms with van der Waals surface area (Å²) in [5.41, 5.74) is 4.99. The molecule has 144 valence electrons. The van der Waals surface area contributed by atoms with Crippen molar-refractivity contribution in [1.82, 2.24) is 14.7 Å². The summed E-state index contributed by atoms with van der Waals surface area (Å²) in [6.45, 7) is 5.96. The van der Waals surface area contributed by atoms with Crippen molar-refractivity contribution >= 4 is 5.69 Å². The zero-order valence-corrected chi connectivity index (χ0v) is 16.1. The molecule has 1 saturated heterocycles. The molecule has 0 amide bonds. The number of piperazine rings is 1. The van der Waals surface area contributed by atoms with Crippen LogP contribution >= 0.6 is 0 Å². The second-order valence-corrected chi connectivity index (χ2v) is 7.53. The van der Waals surface area contributed by atoms with Crippen molar-refractivity contribution in [1.29, 1.82) is 0 Å². The van der Waals surface area contributed by atoms with Crippen molar-refractivity contribution in [2.75, 3.05) is 44.2 Å². The summed E-state index contributed by atoms with van der Waals surface area (Å²) < 4.78 is 8.24. The number of benzene rings is 2. The molecule has 5 heteroatoms. The molecule has 5 rings (SSSR count). The first-order valence-electron chi connectivity index (χ1n) is 10.1. The molecular weight excluding hydrogens is 348 g/mol. The number of hydrogen-bond acceptors (Lipinski definition) is 4. The lowest BCUT2D eigenvalue weighted by atomic mass is 10.0. The third-order valence-corrected chi connectivity index (χ3v) is 5.82. The summed E-state index contributed by atoms with van der Waals surface area (Å²) >= 11 is 0. The van der Waals surface area contributed by atoms with E-state index in [-0.39, 0.29) is 6.10 Å². The number of rotatable bonds is 4. The maximum Gasteiger partial charge on any atom is 0.0985 e. The van der Waals surface area contributed by atoms with Gasteiger partial charge in [0, 0.05) is 50.4 Å². The third kappa shape index (κ3) is 3.43. The first kappa shape index (κ1) is 17.5. The number of hydrogen-bond donors (Lipinski definition) is 0. The van der Waals surface area contributed by atoms with Crippen LogP contribution in [0.15, 0.2) is 66.9 Å². The Labute approximate surface area is 166 Å². The van der Waals surface area contributed by atoms with Crippen LogP contribution in [0.1, 0.15) is 17.4 Å². The van der Waals surface area contributed by atoms with Gasteiger partial charge in [0.05, 0.1) is 30.3 Å². The summed E-state index contributed by atoms with van der Waals surface area (Å²) in [5.74, 6) is 0. The molecule has 3 aromatic rings. The van der Waals surface area contributed by atoms with Crippen LogP contribution in [0.3, 0.4) is 0 Å². The van der Waals surface area contributed by atoms with Crippen LogP contribution in [0, 0.1) is 0 Å². The number of ether oxygens (including phenoxy) is 1. The molecule has 2 aliphatic rings. The van der Waals surface area contributed by atoms with Crippen LogP contribution < -0.4 is 4.90 Å². The fraction of sp³-hybridized carbons (Fsp3) is 0.348. The SMILES string of the molecule is c1ccc(N2CCN(CC3OCCc4c3cnn4-c3ccccc3)CC2)cc1. The van der Waals surface area contributed by atoms with Crippen molar-refractivity contribution in [2.24, 2.45) is 0 Å². The summed E-state index contributed by atoms with van der Waals surface area (Å²) in [6, 6.07) is 21.1. The van der Waals surface area contributed by atoms with Gasteiger partial charge in [0.25, 0.3) is 0 Å². The Bertz CT molecular complexity index is 901. The van der Waals surface area contributed by atoms with E-state index < -0.39 is 0 Å². The second kappa shape index (κ2) is 7.78. The second-order valence-electron chi connectivity index (χ2n) is 7.53. The monoisotopic (exact) mass is 374 g/mol. The Hall–Kier alpha value is -2.63. The Kier molecular flexibility index (Phi) is 4.85. The van der Waals surface area contributed by atoms with E-state index >= 15 is 0 Å². The topological polar surface area (TPSA) is 33.5 Å². The van der Waals surface area contributed by atoms with E-state index in [2.05, 4.69) is 74.2 Å². The van der Waals surface area contributed by atoms with Crippen LogP contribution in [0.4, 0.5) is 5.69 Å². The predicted molar refractivity (Wildman–Crippen MR) is 111 cm³/mol. The maximum atomic E-state index is 6.16. The van der Waals surface area contributed by atoms with Crippen molar-refractivity contribution in [3.63, 3.8) is 0 Å². The van der Waals surface area contributed by atoms with E-state index in [9.17, 15) is 0 Å². The largest absolute Gasteiger partial charge is 0.372 e. The Balaban J connectivity index is 1.26. The van der Waals surface area contributed by atoms with Crippen LogP contribution in [-0.4, -0.2) is 54.0 Å². The molecule has 5 nitrogen and oxygen atoms in total. The van der Waals surface area contributed by atoms with Crippen LogP contribution in [0.2, 0.25) is 0 Å². The molecule has 0 spiro atoms. The van der Waals surface area contributed by atoms with E-state index in [1.54, 1.807) is 0 Å². The highest BCUT2D eigenvalue weighted by Crippen LogP contribution is 2.30. The van der Waals surface area contributed by atoms with Crippen LogP contribution in [0.5, 0.6) is 0 Å². The molecule has 0 aliphatic carbocycles. The number of fused-ring (bicyclic) bond motifs is 1. The lowest BCUT2D eigenvalue weighted by molar-refractivity contribution is 0.0142. The zero-order chi connectivity index (χ0) is 18.8. The van der Waals surface area contributed by atoms with Gasteiger partial charge in [0.15, 0.2) is 0 Å². The number of nitrogens with zero attached hydrogens (tertiary/aromatic N) is 4. The Morgan fingerprint density at radius 2 is 1.54 bits per heavy atom. The average molecular weight is 374 g/mol. The standard InChI is InChI=1S/C23H26N4O/c1-3-7-19(8-4-1)26-14-12-25(13-15-26)18-23-21-17-24-27(22(21)11-16-28-23)20-9-5-2-6-10-20/h1-10,17,23H,11-16,18H2.